The summed E-state index contributed by atoms with van der Waals surface area (Å²) in [6, 6.07) is 16.3. The standard InChI is InChI=1S/C19H17N3O/c1-13-7-3-4-8-14(13)11-22(2)19-18-17(20-12-21-19)15-9-5-6-10-16(15)23-18/h3-10,12H,11H2,1-2H3. The lowest BCUT2D eigenvalue weighted by molar-refractivity contribution is 0.662. The molecule has 4 heteroatoms. The average Bonchev–Trinajstić information content (AvgIpc) is 2.95. The van der Waals surface area contributed by atoms with Crippen LogP contribution in [0.5, 0.6) is 0 Å². The summed E-state index contributed by atoms with van der Waals surface area (Å²) in [6.45, 7) is 2.90. The van der Waals surface area contributed by atoms with Crippen LogP contribution in [0.3, 0.4) is 0 Å². The summed E-state index contributed by atoms with van der Waals surface area (Å²) in [5, 5.41) is 1.02. The zero-order chi connectivity index (χ0) is 15.8. The molecule has 0 spiro atoms. The highest BCUT2D eigenvalue weighted by molar-refractivity contribution is 6.05. The number of benzene rings is 2. The van der Waals surface area contributed by atoms with E-state index in [2.05, 4.69) is 46.1 Å². The minimum absolute atomic E-state index is 0.741. The molecule has 4 rings (SSSR count). The summed E-state index contributed by atoms with van der Waals surface area (Å²) < 4.78 is 6.01. The number of aromatic nitrogens is 2. The van der Waals surface area contributed by atoms with Crippen LogP contribution in [0.25, 0.3) is 22.1 Å². The molecule has 0 N–H and O–H groups in total. The fourth-order valence-electron chi connectivity index (χ4n) is 2.90. The van der Waals surface area contributed by atoms with Crippen molar-refractivity contribution in [1.29, 1.82) is 0 Å². The van der Waals surface area contributed by atoms with Crippen molar-refractivity contribution in [3.63, 3.8) is 0 Å². The quantitative estimate of drug-likeness (QED) is 0.565. The van der Waals surface area contributed by atoms with Crippen LogP contribution in [0.1, 0.15) is 11.1 Å². The van der Waals surface area contributed by atoms with E-state index in [1.165, 1.54) is 11.1 Å². The summed E-state index contributed by atoms with van der Waals surface area (Å²) in [5.74, 6) is 0.814. The second-order valence-electron chi connectivity index (χ2n) is 5.76. The monoisotopic (exact) mass is 303 g/mol. The van der Waals surface area contributed by atoms with Gasteiger partial charge in [-0.1, -0.05) is 36.4 Å². The molecule has 0 saturated carbocycles. The summed E-state index contributed by atoms with van der Waals surface area (Å²) in [6.07, 6.45) is 1.61. The average molecular weight is 303 g/mol. The molecule has 0 aliphatic carbocycles. The minimum Gasteiger partial charge on any atom is -0.450 e. The Hall–Kier alpha value is -2.88. The largest absolute Gasteiger partial charge is 0.450 e. The summed E-state index contributed by atoms with van der Waals surface area (Å²) >= 11 is 0. The van der Waals surface area contributed by atoms with Gasteiger partial charge in [-0.05, 0) is 30.2 Å². The van der Waals surface area contributed by atoms with Crippen LogP contribution in [0, 0.1) is 6.92 Å². The van der Waals surface area contributed by atoms with E-state index in [4.69, 9.17) is 4.42 Å². The van der Waals surface area contributed by atoms with Gasteiger partial charge < -0.3 is 9.32 Å². The van der Waals surface area contributed by atoms with Crippen molar-refractivity contribution in [1.82, 2.24) is 9.97 Å². The first-order valence-electron chi connectivity index (χ1n) is 7.62. The lowest BCUT2D eigenvalue weighted by Crippen LogP contribution is -2.18. The molecule has 23 heavy (non-hydrogen) atoms. The molecule has 2 aromatic heterocycles. The smallest absolute Gasteiger partial charge is 0.196 e. The highest BCUT2D eigenvalue weighted by Crippen LogP contribution is 2.32. The van der Waals surface area contributed by atoms with Crippen molar-refractivity contribution in [3.05, 3.63) is 66.0 Å². The van der Waals surface area contributed by atoms with Gasteiger partial charge in [0.25, 0.3) is 0 Å². The predicted molar refractivity (Wildman–Crippen MR) is 92.6 cm³/mol. The Morgan fingerprint density at radius 2 is 1.78 bits per heavy atom. The van der Waals surface area contributed by atoms with Gasteiger partial charge in [-0.15, -0.1) is 0 Å². The van der Waals surface area contributed by atoms with Crippen molar-refractivity contribution < 1.29 is 4.42 Å². The van der Waals surface area contributed by atoms with Crippen molar-refractivity contribution in [2.24, 2.45) is 0 Å². The van der Waals surface area contributed by atoms with Gasteiger partial charge in [0.2, 0.25) is 0 Å². The molecule has 2 aromatic carbocycles. The first kappa shape index (κ1) is 13.8. The molecule has 0 aliphatic rings. The molecular formula is C19H17N3O. The molecule has 0 radical (unpaired) electrons. The normalized spacial score (nSPS) is 11.2. The number of hydrogen-bond donors (Lipinski definition) is 0. The van der Waals surface area contributed by atoms with Crippen molar-refractivity contribution in [2.45, 2.75) is 13.5 Å². The first-order valence-corrected chi connectivity index (χ1v) is 7.62. The van der Waals surface area contributed by atoms with Crippen molar-refractivity contribution in [3.8, 4) is 0 Å². The highest BCUT2D eigenvalue weighted by atomic mass is 16.3. The van der Waals surface area contributed by atoms with E-state index >= 15 is 0 Å². The number of anilines is 1. The molecule has 0 amide bonds. The maximum Gasteiger partial charge on any atom is 0.196 e. The molecule has 0 saturated heterocycles. The van der Waals surface area contributed by atoms with Crippen LogP contribution < -0.4 is 4.90 Å². The van der Waals surface area contributed by atoms with Gasteiger partial charge in [0.15, 0.2) is 11.4 Å². The summed E-state index contributed by atoms with van der Waals surface area (Å²) in [5.41, 5.74) is 4.99. The van der Waals surface area contributed by atoms with Crippen LogP contribution in [0.2, 0.25) is 0 Å². The molecule has 4 aromatic rings. The van der Waals surface area contributed by atoms with E-state index in [0.29, 0.717) is 0 Å². The van der Waals surface area contributed by atoms with E-state index in [-0.39, 0.29) is 0 Å². The zero-order valence-corrected chi connectivity index (χ0v) is 13.2. The number of para-hydroxylation sites is 1. The molecule has 0 unspecified atom stereocenters. The Bertz CT molecular complexity index is 990. The SMILES string of the molecule is Cc1ccccc1CN(C)c1ncnc2c1oc1ccccc12. The van der Waals surface area contributed by atoms with Crippen LogP contribution in [-0.4, -0.2) is 17.0 Å². The lowest BCUT2D eigenvalue weighted by Gasteiger charge is -2.19. The Morgan fingerprint density at radius 1 is 1.00 bits per heavy atom. The van der Waals surface area contributed by atoms with Gasteiger partial charge in [-0.3, -0.25) is 0 Å². The van der Waals surface area contributed by atoms with Crippen LogP contribution in [0.15, 0.2) is 59.3 Å². The first-order chi connectivity index (χ1) is 11.2. The molecule has 0 aliphatic heterocycles. The maximum atomic E-state index is 6.01. The van der Waals surface area contributed by atoms with E-state index in [1.54, 1.807) is 6.33 Å². The third-order valence-electron chi connectivity index (χ3n) is 4.17. The molecule has 0 bridgehead atoms. The van der Waals surface area contributed by atoms with Gasteiger partial charge in [0, 0.05) is 19.0 Å². The maximum absolute atomic E-state index is 6.01. The molecular weight excluding hydrogens is 286 g/mol. The van der Waals surface area contributed by atoms with Gasteiger partial charge >= 0.3 is 0 Å². The molecule has 114 valence electrons. The van der Waals surface area contributed by atoms with E-state index in [1.807, 2.05) is 31.3 Å². The highest BCUT2D eigenvalue weighted by Gasteiger charge is 2.16. The number of rotatable bonds is 3. The lowest BCUT2D eigenvalue weighted by atomic mass is 10.1. The Labute approximate surface area is 134 Å². The second-order valence-corrected chi connectivity index (χ2v) is 5.76. The Kier molecular flexibility index (Phi) is 3.23. The predicted octanol–water partition coefficient (Wildman–Crippen LogP) is 4.32. The van der Waals surface area contributed by atoms with Gasteiger partial charge in [-0.25, -0.2) is 9.97 Å². The number of furan rings is 1. The summed E-state index contributed by atoms with van der Waals surface area (Å²) in [4.78, 5) is 11.0. The Morgan fingerprint density at radius 3 is 2.65 bits per heavy atom. The number of fused-ring (bicyclic) bond motifs is 3. The molecule has 2 heterocycles. The molecule has 0 fully saturated rings. The number of nitrogens with zero attached hydrogens (tertiary/aromatic N) is 3. The van der Waals surface area contributed by atoms with Gasteiger partial charge in [-0.2, -0.15) is 0 Å². The van der Waals surface area contributed by atoms with Gasteiger partial charge in [0.1, 0.15) is 17.4 Å². The molecule has 4 nitrogen and oxygen atoms in total. The number of aryl methyl sites for hydroxylation is 1. The van der Waals surface area contributed by atoms with Crippen LogP contribution >= 0.6 is 0 Å². The van der Waals surface area contributed by atoms with E-state index in [0.717, 1.165) is 34.4 Å². The fraction of sp³-hybridized carbons (Fsp3) is 0.158. The van der Waals surface area contributed by atoms with Gasteiger partial charge in [0.05, 0.1) is 0 Å². The van der Waals surface area contributed by atoms with Crippen molar-refractivity contribution >= 4 is 27.9 Å². The minimum atomic E-state index is 0.741. The summed E-state index contributed by atoms with van der Waals surface area (Å²) in [7, 11) is 2.03. The second kappa shape index (κ2) is 5.39. The fourth-order valence-corrected chi connectivity index (χ4v) is 2.90. The zero-order valence-electron chi connectivity index (χ0n) is 13.2. The third-order valence-corrected chi connectivity index (χ3v) is 4.17. The number of hydrogen-bond acceptors (Lipinski definition) is 4. The third kappa shape index (κ3) is 2.32. The van der Waals surface area contributed by atoms with E-state index < -0.39 is 0 Å². The topological polar surface area (TPSA) is 42.2 Å². The van der Waals surface area contributed by atoms with Crippen LogP contribution in [0.4, 0.5) is 5.82 Å². The molecule has 0 atom stereocenters. The Balaban J connectivity index is 1.80. The van der Waals surface area contributed by atoms with Crippen LogP contribution in [-0.2, 0) is 6.54 Å². The van der Waals surface area contributed by atoms with Crippen molar-refractivity contribution in [2.75, 3.05) is 11.9 Å². The van der Waals surface area contributed by atoms with E-state index in [9.17, 15) is 0 Å².